The molecule has 0 aliphatic carbocycles. The summed E-state index contributed by atoms with van der Waals surface area (Å²) >= 11 is 0. The molecule has 6 nitrogen and oxygen atoms in total. The summed E-state index contributed by atoms with van der Waals surface area (Å²) in [6, 6.07) is 24.3. The molecular weight excluding hydrogens is 388 g/mol. The van der Waals surface area contributed by atoms with Gasteiger partial charge in [-0.1, -0.05) is 60.7 Å². The van der Waals surface area contributed by atoms with Gasteiger partial charge in [0.25, 0.3) is 0 Å². The number of aromatic amines is 1. The van der Waals surface area contributed by atoms with E-state index >= 15 is 0 Å². The van der Waals surface area contributed by atoms with Crippen LogP contribution < -0.4 is 9.47 Å². The number of rotatable bonds is 4. The molecule has 152 valence electrons. The van der Waals surface area contributed by atoms with Gasteiger partial charge in [-0.2, -0.15) is 5.26 Å². The third-order valence-electron chi connectivity index (χ3n) is 5.75. The van der Waals surface area contributed by atoms with Gasteiger partial charge in [0.2, 0.25) is 11.8 Å². The zero-order valence-electron chi connectivity index (χ0n) is 16.9. The Bertz CT molecular complexity index is 1330. The number of hydrogen-bond donors (Lipinski definition) is 2. The predicted molar refractivity (Wildman–Crippen MR) is 117 cm³/mol. The van der Waals surface area contributed by atoms with Crippen molar-refractivity contribution < 1.29 is 9.47 Å². The van der Waals surface area contributed by atoms with E-state index in [9.17, 15) is 5.26 Å². The van der Waals surface area contributed by atoms with Crippen molar-refractivity contribution in [3.63, 3.8) is 0 Å². The van der Waals surface area contributed by atoms with Crippen molar-refractivity contribution in [2.24, 2.45) is 5.92 Å². The Balaban J connectivity index is 1.54. The lowest BCUT2D eigenvalue weighted by Crippen LogP contribution is -2.31. The Morgan fingerprint density at radius 1 is 1.10 bits per heavy atom. The number of benzene rings is 3. The Labute approximate surface area is 179 Å². The van der Waals surface area contributed by atoms with E-state index in [2.05, 4.69) is 40.5 Å². The first-order chi connectivity index (χ1) is 15.2. The van der Waals surface area contributed by atoms with Crippen molar-refractivity contribution in [1.29, 1.82) is 10.7 Å². The minimum absolute atomic E-state index is 0.102. The minimum Gasteiger partial charge on any atom is -0.489 e. The Morgan fingerprint density at radius 2 is 1.87 bits per heavy atom. The van der Waals surface area contributed by atoms with E-state index in [1.165, 1.54) is 0 Å². The van der Waals surface area contributed by atoms with Gasteiger partial charge < -0.3 is 9.47 Å². The highest BCUT2D eigenvalue weighted by Gasteiger charge is 2.41. The van der Waals surface area contributed by atoms with Crippen molar-refractivity contribution in [2.75, 3.05) is 0 Å². The maximum absolute atomic E-state index is 9.82. The van der Waals surface area contributed by atoms with Gasteiger partial charge in [-0.3, -0.25) is 10.5 Å². The number of hydrogen-bond acceptors (Lipinski definition) is 5. The van der Waals surface area contributed by atoms with E-state index in [1.807, 2.05) is 49.4 Å². The van der Waals surface area contributed by atoms with Gasteiger partial charge in [-0.15, -0.1) is 5.10 Å². The van der Waals surface area contributed by atoms with E-state index in [4.69, 9.17) is 14.9 Å². The number of H-pyrrole nitrogens is 1. The molecule has 0 saturated heterocycles. The van der Waals surface area contributed by atoms with Crippen LogP contribution >= 0.6 is 0 Å². The molecule has 31 heavy (non-hydrogen) atoms. The number of nitriles is 1. The third-order valence-corrected chi connectivity index (χ3v) is 5.75. The molecule has 5 rings (SSSR count). The first-order valence-electron chi connectivity index (χ1n) is 10.1. The SMILES string of the molecule is Cc1[nH]nc2c1C(c1ccccc1OCc1cccc3ccccc13)C(C#N)C(=N)O2. The van der Waals surface area contributed by atoms with Crippen LogP contribution in [0.25, 0.3) is 10.8 Å². The molecular formula is C25H20N4O2. The van der Waals surface area contributed by atoms with Gasteiger partial charge in [-0.05, 0) is 29.3 Å². The van der Waals surface area contributed by atoms with Crippen LogP contribution in [0.4, 0.5) is 0 Å². The fraction of sp³-hybridized carbons (Fsp3) is 0.160. The van der Waals surface area contributed by atoms with Crippen LogP contribution in [-0.2, 0) is 6.61 Å². The summed E-state index contributed by atoms with van der Waals surface area (Å²) in [5.74, 6) is -0.227. The topological polar surface area (TPSA) is 94.8 Å². The molecule has 0 fully saturated rings. The van der Waals surface area contributed by atoms with E-state index in [0.717, 1.165) is 33.2 Å². The molecule has 0 saturated carbocycles. The molecule has 3 aromatic carbocycles. The number of aromatic nitrogens is 2. The molecule has 2 unspecified atom stereocenters. The lowest BCUT2D eigenvalue weighted by atomic mass is 9.79. The Kier molecular flexibility index (Phi) is 4.64. The van der Waals surface area contributed by atoms with Crippen molar-refractivity contribution >= 4 is 16.7 Å². The summed E-state index contributed by atoms with van der Waals surface area (Å²) in [6.07, 6.45) is 0. The van der Waals surface area contributed by atoms with Crippen LogP contribution in [0.15, 0.2) is 66.7 Å². The summed E-state index contributed by atoms with van der Waals surface area (Å²) in [4.78, 5) is 0. The Hall–Kier alpha value is -4.11. The number of fused-ring (bicyclic) bond motifs is 2. The van der Waals surface area contributed by atoms with Crippen LogP contribution in [0.1, 0.15) is 28.3 Å². The van der Waals surface area contributed by atoms with Gasteiger partial charge in [0.05, 0.1) is 6.07 Å². The fourth-order valence-electron chi connectivity index (χ4n) is 4.26. The van der Waals surface area contributed by atoms with E-state index in [1.54, 1.807) is 0 Å². The lowest BCUT2D eigenvalue weighted by molar-refractivity contribution is 0.301. The number of aryl methyl sites for hydroxylation is 1. The van der Waals surface area contributed by atoms with Crippen LogP contribution in [0.5, 0.6) is 11.6 Å². The van der Waals surface area contributed by atoms with Crippen molar-refractivity contribution in [3.8, 4) is 17.7 Å². The quantitative estimate of drug-likeness (QED) is 0.492. The second kappa shape index (κ2) is 7.62. The average molecular weight is 408 g/mol. The van der Waals surface area contributed by atoms with Gasteiger partial charge in [0.1, 0.15) is 18.3 Å². The van der Waals surface area contributed by atoms with Crippen molar-refractivity contribution in [2.45, 2.75) is 19.4 Å². The lowest BCUT2D eigenvalue weighted by Gasteiger charge is -2.29. The highest BCUT2D eigenvalue weighted by Crippen LogP contribution is 2.45. The van der Waals surface area contributed by atoms with Gasteiger partial charge >= 0.3 is 0 Å². The second-order valence-electron chi connectivity index (χ2n) is 7.58. The summed E-state index contributed by atoms with van der Waals surface area (Å²) < 4.78 is 11.8. The molecule has 0 bridgehead atoms. The highest BCUT2D eigenvalue weighted by atomic mass is 16.5. The number of ether oxygens (including phenoxy) is 2. The third kappa shape index (κ3) is 3.21. The molecule has 2 N–H and O–H groups in total. The fourth-order valence-corrected chi connectivity index (χ4v) is 4.26. The summed E-state index contributed by atoms with van der Waals surface area (Å²) in [5, 5.41) is 27.5. The first-order valence-corrected chi connectivity index (χ1v) is 10.1. The molecule has 2 heterocycles. The maximum Gasteiger partial charge on any atom is 0.243 e. The normalized spacial score (nSPS) is 17.6. The van der Waals surface area contributed by atoms with E-state index in [-0.39, 0.29) is 5.90 Å². The summed E-state index contributed by atoms with van der Waals surface area (Å²) in [7, 11) is 0. The van der Waals surface area contributed by atoms with Gasteiger partial charge in [0, 0.05) is 22.7 Å². The molecule has 4 aromatic rings. The zero-order chi connectivity index (χ0) is 21.4. The average Bonchev–Trinajstić information content (AvgIpc) is 3.17. The standard InChI is InChI=1S/C25H20N4O2/c1-15-22-23(20(13-26)24(27)31-25(22)29-28-15)19-11-4-5-12-21(19)30-14-17-9-6-8-16-7-2-3-10-18(16)17/h2-12,20,23,27H,14H2,1H3,(H,28,29). The molecule has 0 spiro atoms. The molecule has 1 aliphatic rings. The van der Waals surface area contributed by atoms with Crippen molar-refractivity contribution in [3.05, 3.63) is 89.1 Å². The highest BCUT2D eigenvalue weighted by molar-refractivity contribution is 5.86. The van der Waals surface area contributed by atoms with Gasteiger partial charge in [0.15, 0.2) is 0 Å². The van der Waals surface area contributed by atoms with Crippen molar-refractivity contribution in [1.82, 2.24) is 10.2 Å². The Morgan fingerprint density at radius 3 is 2.74 bits per heavy atom. The molecule has 0 amide bonds. The van der Waals surface area contributed by atoms with E-state index in [0.29, 0.717) is 18.2 Å². The van der Waals surface area contributed by atoms with E-state index < -0.39 is 11.8 Å². The van der Waals surface area contributed by atoms with Crippen LogP contribution in [0, 0.1) is 29.6 Å². The minimum atomic E-state index is -0.758. The van der Waals surface area contributed by atoms with Crippen LogP contribution in [0.3, 0.4) is 0 Å². The zero-order valence-corrected chi connectivity index (χ0v) is 16.9. The molecule has 1 aromatic heterocycles. The monoisotopic (exact) mass is 408 g/mol. The number of nitrogens with one attached hydrogen (secondary N) is 2. The molecule has 6 heteroatoms. The van der Waals surface area contributed by atoms with Crippen LogP contribution in [0.2, 0.25) is 0 Å². The first kappa shape index (κ1) is 18.9. The van der Waals surface area contributed by atoms with Crippen LogP contribution in [-0.4, -0.2) is 16.1 Å². The largest absolute Gasteiger partial charge is 0.489 e. The molecule has 0 radical (unpaired) electrons. The maximum atomic E-state index is 9.82. The second-order valence-corrected chi connectivity index (χ2v) is 7.58. The summed E-state index contributed by atoms with van der Waals surface area (Å²) in [5.41, 5.74) is 3.54. The summed E-state index contributed by atoms with van der Waals surface area (Å²) in [6.45, 7) is 2.29. The van der Waals surface area contributed by atoms with Gasteiger partial charge in [-0.25, -0.2) is 0 Å². The number of para-hydroxylation sites is 1. The number of nitrogens with zero attached hydrogens (tertiary/aromatic N) is 2. The molecule has 1 aliphatic heterocycles. The smallest absolute Gasteiger partial charge is 0.243 e. The predicted octanol–water partition coefficient (Wildman–Crippen LogP) is 5.09. The molecule has 2 atom stereocenters.